The second-order valence-corrected chi connectivity index (χ2v) is 6.97. The molecule has 5 aromatic rings. The first-order valence-electron chi connectivity index (χ1n) is 9.58. The van der Waals surface area contributed by atoms with Crippen molar-refractivity contribution in [3.63, 3.8) is 0 Å². The molecule has 7 nitrogen and oxygen atoms in total. The number of carbonyl (C=O) groups is 1. The van der Waals surface area contributed by atoms with Crippen molar-refractivity contribution in [2.45, 2.75) is 6.54 Å². The van der Waals surface area contributed by atoms with Crippen molar-refractivity contribution >= 4 is 28.0 Å². The van der Waals surface area contributed by atoms with Crippen LogP contribution in [0.3, 0.4) is 0 Å². The lowest BCUT2D eigenvalue weighted by molar-refractivity contribution is 0.0963. The number of carbonyl (C=O) groups excluding carboxylic acids is 1. The van der Waals surface area contributed by atoms with E-state index in [2.05, 4.69) is 26.7 Å². The summed E-state index contributed by atoms with van der Waals surface area (Å²) in [5, 5.41) is 12.2. The highest BCUT2D eigenvalue weighted by Crippen LogP contribution is 2.21. The van der Waals surface area contributed by atoms with Gasteiger partial charge in [0.05, 0.1) is 17.8 Å². The first kappa shape index (κ1) is 17.9. The highest BCUT2D eigenvalue weighted by atomic mass is 16.1. The number of nitrogens with one attached hydrogen (secondary N) is 1. The fraction of sp³-hybridized carbons (Fsp3) is 0.0870. The number of rotatable bonds is 4. The zero-order chi connectivity index (χ0) is 20.5. The summed E-state index contributed by atoms with van der Waals surface area (Å²) in [4.78, 5) is 20.9. The van der Waals surface area contributed by atoms with Crippen LogP contribution in [0.1, 0.15) is 15.9 Å². The minimum Gasteiger partial charge on any atom is -0.355 e. The first-order valence-corrected chi connectivity index (χ1v) is 9.58. The van der Waals surface area contributed by atoms with Crippen LogP contribution in [-0.2, 0) is 6.54 Å². The summed E-state index contributed by atoms with van der Waals surface area (Å²) in [6, 6.07) is 21.3. The number of fused-ring (bicyclic) bond motifs is 2. The third-order valence-corrected chi connectivity index (χ3v) is 5.03. The van der Waals surface area contributed by atoms with E-state index in [9.17, 15) is 4.79 Å². The molecular weight excluding hydrogens is 376 g/mol. The lowest BCUT2D eigenvalue weighted by Gasteiger charge is -2.06. The molecular formula is C23H18N6O. The largest absolute Gasteiger partial charge is 0.355 e. The van der Waals surface area contributed by atoms with Crippen molar-refractivity contribution < 1.29 is 4.79 Å². The number of amides is 1. The average molecular weight is 394 g/mol. The molecule has 0 radical (unpaired) electrons. The molecule has 0 unspecified atom stereocenters. The van der Waals surface area contributed by atoms with Gasteiger partial charge in [-0.05, 0) is 48.0 Å². The summed E-state index contributed by atoms with van der Waals surface area (Å²) in [6.45, 7) is 0.563. The molecule has 0 fully saturated rings. The van der Waals surface area contributed by atoms with E-state index in [-0.39, 0.29) is 5.91 Å². The maximum absolute atomic E-state index is 11.8. The molecule has 5 rings (SSSR count). The molecule has 3 aromatic heterocycles. The summed E-state index contributed by atoms with van der Waals surface area (Å²) in [5.74, 6) is -0.113. The predicted molar refractivity (Wildman–Crippen MR) is 115 cm³/mol. The van der Waals surface area contributed by atoms with E-state index in [1.54, 1.807) is 30.1 Å². The normalized spacial score (nSPS) is 11.1. The Kier molecular flexibility index (Phi) is 4.40. The number of nitrogens with zero attached hydrogens (tertiary/aromatic N) is 5. The molecule has 30 heavy (non-hydrogen) atoms. The molecule has 2 aromatic carbocycles. The molecule has 0 saturated carbocycles. The summed E-state index contributed by atoms with van der Waals surface area (Å²) in [5.41, 5.74) is 5.86. The second kappa shape index (κ2) is 7.36. The van der Waals surface area contributed by atoms with Crippen LogP contribution < -0.4 is 5.32 Å². The lowest BCUT2D eigenvalue weighted by Crippen LogP contribution is -2.17. The maximum atomic E-state index is 11.8. The van der Waals surface area contributed by atoms with Crippen molar-refractivity contribution in [1.29, 1.82) is 0 Å². The SMILES string of the molecule is CNC(=O)c1ccc(-c2ccc3nnn(Cc4ccc5ncccc5c4)c3n2)cc1. The molecule has 7 heteroatoms. The highest BCUT2D eigenvalue weighted by Gasteiger charge is 2.10. The number of benzene rings is 2. The third kappa shape index (κ3) is 3.26. The molecule has 0 aliphatic rings. The average Bonchev–Trinajstić information content (AvgIpc) is 3.20. The van der Waals surface area contributed by atoms with E-state index in [4.69, 9.17) is 4.98 Å². The Balaban J connectivity index is 1.48. The maximum Gasteiger partial charge on any atom is 0.251 e. The Morgan fingerprint density at radius 2 is 1.83 bits per heavy atom. The van der Waals surface area contributed by atoms with E-state index >= 15 is 0 Å². The number of hydrogen-bond donors (Lipinski definition) is 1. The molecule has 0 spiro atoms. The van der Waals surface area contributed by atoms with Crippen molar-refractivity contribution in [3.05, 3.63) is 84.1 Å². The third-order valence-electron chi connectivity index (χ3n) is 5.03. The van der Waals surface area contributed by atoms with Gasteiger partial charge in [-0.1, -0.05) is 29.5 Å². The van der Waals surface area contributed by atoms with Gasteiger partial charge in [0.2, 0.25) is 0 Å². The Morgan fingerprint density at radius 1 is 1.00 bits per heavy atom. The van der Waals surface area contributed by atoms with Gasteiger partial charge in [-0.15, -0.1) is 5.10 Å². The Bertz CT molecular complexity index is 1370. The van der Waals surface area contributed by atoms with Crippen LogP contribution in [0.15, 0.2) is 72.9 Å². The number of hydrogen-bond acceptors (Lipinski definition) is 5. The summed E-state index contributed by atoms with van der Waals surface area (Å²) >= 11 is 0. The minimum atomic E-state index is -0.113. The monoisotopic (exact) mass is 394 g/mol. The number of pyridine rings is 2. The predicted octanol–water partition coefficient (Wildman–Crippen LogP) is 3.45. The van der Waals surface area contributed by atoms with Crippen molar-refractivity contribution in [2.24, 2.45) is 0 Å². The Morgan fingerprint density at radius 3 is 2.67 bits per heavy atom. The van der Waals surface area contributed by atoms with Crippen molar-refractivity contribution in [3.8, 4) is 11.3 Å². The van der Waals surface area contributed by atoms with Crippen molar-refractivity contribution in [2.75, 3.05) is 7.05 Å². The lowest BCUT2D eigenvalue weighted by atomic mass is 10.1. The minimum absolute atomic E-state index is 0.113. The van der Waals surface area contributed by atoms with Gasteiger partial charge in [-0.25, -0.2) is 9.67 Å². The van der Waals surface area contributed by atoms with Crippen LogP contribution in [0.2, 0.25) is 0 Å². The van der Waals surface area contributed by atoms with Gasteiger partial charge in [0.15, 0.2) is 5.65 Å². The molecule has 146 valence electrons. The van der Waals surface area contributed by atoms with Crippen LogP contribution in [0.4, 0.5) is 0 Å². The molecule has 0 saturated heterocycles. The zero-order valence-corrected chi connectivity index (χ0v) is 16.3. The quantitative estimate of drug-likeness (QED) is 0.505. The molecule has 1 amide bonds. The van der Waals surface area contributed by atoms with Crippen LogP contribution in [0.25, 0.3) is 33.3 Å². The molecule has 0 bridgehead atoms. The highest BCUT2D eigenvalue weighted by molar-refractivity contribution is 5.94. The van der Waals surface area contributed by atoms with E-state index in [0.717, 1.165) is 33.2 Å². The zero-order valence-electron chi connectivity index (χ0n) is 16.3. The van der Waals surface area contributed by atoms with Crippen LogP contribution >= 0.6 is 0 Å². The van der Waals surface area contributed by atoms with Gasteiger partial charge in [0, 0.05) is 29.8 Å². The smallest absolute Gasteiger partial charge is 0.251 e. The molecule has 0 aliphatic heterocycles. The van der Waals surface area contributed by atoms with E-state index in [1.807, 2.05) is 48.5 Å². The van der Waals surface area contributed by atoms with Crippen LogP contribution in [0.5, 0.6) is 0 Å². The summed E-state index contributed by atoms with van der Waals surface area (Å²) in [6.07, 6.45) is 1.79. The van der Waals surface area contributed by atoms with E-state index in [1.165, 1.54) is 0 Å². The first-order chi connectivity index (χ1) is 14.7. The van der Waals surface area contributed by atoms with Gasteiger partial charge < -0.3 is 5.32 Å². The van der Waals surface area contributed by atoms with Gasteiger partial charge in [-0.2, -0.15) is 0 Å². The second-order valence-electron chi connectivity index (χ2n) is 6.97. The topological polar surface area (TPSA) is 85.6 Å². The fourth-order valence-electron chi connectivity index (χ4n) is 3.45. The number of aromatic nitrogens is 5. The van der Waals surface area contributed by atoms with Crippen LogP contribution in [0, 0.1) is 0 Å². The Hall–Kier alpha value is -4.13. The molecule has 0 atom stereocenters. The van der Waals surface area contributed by atoms with Gasteiger partial charge >= 0.3 is 0 Å². The Labute approximate surface area is 172 Å². The van der Waals surface area contributed by atoms with Gasteiger partial charge in [-0.3, -0.25) is 9.78 Å². The van der Waals surface area contributed by atoms with Gasteiger partial charge in [0.1, 0.15) is 5.52 Å². The molecule has 1 N–H and O–H groups in total. The molecule has 3 heterocycles. The van der Waals surface area contributed by atoms with E-state index in [0.29, 0.717) is 17.8 Å². The summed E-state index contributed by atoms with van der Waals surface area (Å²) < 4.78 is 1.80. The standard InChI is InChI=1S/C23H18N6O/c1-24-23(30)17-7-5-16(6-8-17)20-10-11-21-22(26-20)29(28-27-21)14-15-4-9-19-18(13-15)3-2-12-25-19/h2-13H,14H2,1H3,(H,24,30). The van der Waals surface area contributed by atoms with Crippen molar-refractivity contribution in [1.82, 2.24) is 30.3 Å². The van der Waals surface area contributed by atoms with E-state index < -0.39 is 0 Å². The fourth-order valence-corrected chi connectivity index (χ4v) is 3.45. The van der Waals surface area contributed by atoms with Crippen LogP contribution in [-0.4, -0.2) is 37.9 Å². The summed E-state index contributed by atoms with van der Waals surface area (Å²) in [7, 11) is 1.62. The molecule has 0 aliphatic carbocycles. The van der Waals surface area contributed by atoms with Gasteiger partial charge in [0.25, 0.3) is 5.91 Å².